The van der Waals surface area contributed by atoms with Gasteiger partial charge in [0.1, 0.15) is 6.54 Å². The van der Waals surface area contributed by atoms with Gasteiger partial charge in [0, 0.05) is 26.2 Å². The lowest BCUT2D eigenvalue weighted by Gasteiger charge is -2.43. The minimum absolute atomic E-state index is 0.0167. The third-order valence-electron chi connectivity index (χ3n) is 8.38. The monoisotopic (exact) mass is 595 g/mol. The van der Waals surface area contributed by atoms with Gasteiger partial charge in [-0.25, -0.2) is 0 Å². The number of rotatable bonds is 4. The molecule has 2 aliphatic carbocycles. The second-order valence-corrected chi connectivity index (χ2v) is 13.3. The lowest BCUT2D eigenvalue weighted by molar-refractivity contribution is -0.143. The van der Waals surface area contributed by atoms with Crippen LogP contribution in [0.15, 0.2) is 68.9 Å². The fourth-order valence-electron chi connectivity index (χ4n) is 7.17. The van der Waals surface area contributed by atoms with E-state index in [-0.39, 0.29) is 58.1 Å². The molecule has 2 aliphatic heterocycles. The summed E-state index contributed by atoms with van der Waals surface area (Å²) in [5.41, 5.74) is 1.74. The predicted octanol–water partition coefficient (Wildman–Crippen LogP) is 4.31. The van der Waals surface area contributed by atoms with Crippen molar-refractivity contribution in [3.8, 4) is 0 Å². The van der Waals surface area contributed by atoms with Gasteiger partial charge in [-0.2, -0.15) is 0 Å². The van der Waals surface area contributed by atoms with Gasteiger partial charge < -0.3 is 10.3 Å². The Hall–Kier alpha value is -2.69. The number of amides is 3. The van der Waals surface area contributed by atoms with E-state index in [1.807, 2.05) is 30.3 Å². The highest BCUT2D eigenvalue weighted by Crippen LogP contribution is 2.68. The van der Waals surface area contributed by atoms with Crippen molar-refractivity contribution in [3.05, 3.63) is 79.2 Å². The second-order valence-electron chi connectivity index (χ2n) is 10.2. The maximum Gasteiger partial charge on any atom is 0.305 e. The van der Waals surface area contributed by atoms with Crippen LogP contribution in [0.4, 0.5) is 5.69 Å². The van der Waals surface area contributed by atoms with E-state index >= 15 is 0 Å². The summed E-state index contributed by atoms with van der Waals surface area (Å²) in [6.07, 6.45) is 0.822. The molecule has 6 unspecified atom stereocenters. The van der Waals surface area contributed by atoms with E-state index in [1.54, 1.807) is 23.9 Å². The molecular formula is C27H22BrN3O4S2. The minimum Gasteiger partial charge on any atom is -0.325 e. The lowest BCUT2D eigenvalue weighted by atomic mass is 9.68. The number of benzene rings is 2. The number of hydrogen-bond acceptors (Lipinski definition) is 6. The summed E-state index contributed by atoms with van der Waals surface area (Å²) in [5.74, 6) is -1.45. The van der Waals surface area contributed by atoms with Crippen molar-refractivity contribution < 1.29 is 14.4 Å². The first-order valence-electron chi connectivity index (χ1n) is 12.3. The summed E-state index contributed by atoms with van der Waals surface area (Å²) in [5, 5.41) is 3.80. The molecule has 3 fully saturated rings. The molecule has 10 heteroatoms. The lowest BCUT2D eigenvalue weighted by Crippen LogP contribution is -2.42. The van der Waals surface area contributed by atoms with Gasteiger partial charge in [-0.15, -0.1) is 11.8 Å². The highest BCUT2D eigenvalue weighted by Gasteiger charge is 2.69. The SMILES string of the molecule is O=C(CN1C(=O)C2C3CC(C2C1=O)C1C3Sc2[nH]c(=O)sc2[C@@H]1c1cccc(Br)c1)Nc1ccccc1. The van der Waals surface area contributed by atoms with Crippen LogP contribution in [0.1, 0.15) is 22.8 Å². The van der Waals surface area contributed by atoms with Crippen LogP contribution in [-0.4, -0.2) is 39.4 Å². The largest absolute Gasteiger partial charge is 0.325 e. The molecular weight excluding hydrogens is 574 g/mol. The number of fused-ring (bicyclic) bond motifs is 9. The van der Waals surface area contributed by atoms with Crippen molar-refractivity contribution in [1.82, 2.24) is 9.88 Å². The summed E-state index contributed by atoms with van der Waals surface area (Å²) in [4.78, 5) is 57.4. The number of thiazole rings is 1. The van der Waals surface area contributed by atoms with Crippen LogP contribution in [-0.2, 0) is 14.4 Å². The average Bonchev–Trinajstić information content (AvgIpc) is 3.60. The Kier molecular flexibility index (Phi) is 5.49. The minimum atomic E-state index is -0.407. The van der Waals surface area contributed by atoms with E-state index in [2.05, 4.69) is 38.4 Å². The first-order valence-corrected chi connectivity index (χ1v) is 14.7. The van der Waals surface area contributed by atoms with Gasteiger partial charge in [0.2, 0.25) is 17.7 Å². The van der Waals surface area contributed by atoms with Crippen molar-refractivity contribution >= 4 is 62.4 Å². The summed E-state index contributed by atoms with van der Waals surface area (Å²) in [6.45, 7) is -0.267. The Bertz CT molecular complexity index is 1500. The fourth-order valence-corrected chi connectivity index (χ4v) is 10.5. The Morgan fingerprint density at radius 1 is 1.03 bits per heavy atom. The van der Waals surface area contributed by atoms with Crippen LogP contribution in [0.2, 0.25) is 0 Å². The van der Waals surface area contributed by atoms with Gasteiger partial charge >= 0.3 is 4.87 Å². The Morgan fingerprint density at radius 3 is 2.54 bits per heavy atom. The maximum absolute atomic E-state index is 13.7. The first-order chi connectivity index (χ1) is 17.9. The van der Waals surface area contributed by atoms with Gasteiger partial charge in [0.05, 0.1) is 16.9 Å². The molecule has 0 radical (unpaired) electrons. The Labute approximate surface area is 229 Å². The highest BCUT2D eigenvalue weighted by atomic mass is 79.9. The molecule has 37 heavy (non-hydrogen) atoms. The molecule has 2 saturated carbocycles. The summed E-state index contributed by atoms with van der Waals surface area (Å²) < 4.78 is 0.966. The van der Waals surface area contributed by atoms with Crippen molar-refractivity contribution in [1.29, 1.82) is 0 Å². The van der Waals surface area contributed by atoms with Crippen molar-refractivity contribution in [2.24, 2.45) is 29.6 Å². The number of H-pyrrole nitrogens is 1. The predicted molar refractivity (Wildman–Crippen MR) is 144 cm³/mol. The number of hydrogen-bond donors (Lipinski definition) is 2. The van der Waals surface area contributed by atoms with E-state index < -0.39 is 11.8 Å². The number of halogens is 1. The van der Waals surface area contributed by atoms with Crippen LogP contribution < -0.4 is 10.2 Å². The molecule has 2 N–H and O–H groups in total. The third-order valence-corrected chi connectivity index (χ3v) is 11.5. The number of carbonyl (C=O) groups excluding carboxylic acids is 3. The number of para-hydroxylation sites is 1. The zero-order valence-corrected chi connectivity index (χ0v) is 22.6. The smallest absolute Gasteiger partial charge is 0.305 e. The van der Waals surface area contributed by atoms with Crippen molar-refractivity contribution in [3.63, 3.8) is 0 Å². The number of aromatic nitrogens is 1. The molecule has 1 aromatic heterocycles. The molecule has 3 amide bonds. The van der Waals surface area contributed by atoms with Crippen LogP contribution in [0, 0.1) is 29.6 Å². The summed E-state index contributed by atoms with van der Waals surface area (Å²) >= 11 is 6.50. The first kappa shape index (κ1) is 23.4. The highest BCUT2D eigenvalue weighted by molar-refractivity contribution is 9.10. The van der Waals surface area contributed by atoms with Gasteiger partial charge in [-0.1, -0.05) is 57.6 Å². The number of nitrogens with one attached hydrogen (secondary N) is 2. The molecule has 7 atom stereocenters. The Balaban J connectivity index is 1.21. The Morgan fingerprint density at radius 2 is 1.78 bits per heavy atom. The number of carbonyl (C=O) groups is 3. The van der Waals surface area contributed by atoms with Gasteiger partial charge in [-0.3, -0.25) is 24.1 Å². The average molecular weight is 597 g/mol. The molecule has 4 aliphatic rings. The molecule has 2 bridgehead atoms. The van der Waals surface area contributed by atoms with E-state index in [1.165, 1.54) is 16.2 Å². The molecule has 2 aromatic carbocycles. The van der Waals surface area contributed by atoms with Crippen molar-refractivity contribution in [2.75, 3.05) is 11.9 Å². The number of likely N-dealkylation sites (tertiary alicyclic amines) is 1. The molecule has 7 rings (SSSR count). The quantitative estimate of drug-likeness (QED) is 0.438. The topological polar surface area (TPSA) is 99.3 Å². The van der Waals surface area contributed by atoms with Gasteiger partial charge in [-0.05, 0) is 54.0 Å². The van der Waals surface area contributed by atoms with Gasteiger partial charge in [0.25, 0.3) is 0 Å². The van der Waals surface area contributed by atoms with Gasteiger partial charge in [0.15, 0.2) is 0 Å². The van der Waals surface area contributed by atoms with Crippen LogP contribution >= 0.6 is 39.0 Å². The zero-order chi connectivity index (χ0) is 25.4. The molecule has 1 saturated heterocycles. The molecule has 3 aromatic rings. The van der Waals surface area contributed by atoms with E-state index in [9.17, 15) is 19.2 Å². The maximum atomic E-state index is 13.7. The van der Waals surface area contributed by atoms with E-state index in [0.717, 1.165) is 26.4 Å². The number of anilines is 1. The molecule has 0 spiro atoms. The van der Waals surface area contributed by atoms with Crippen LogP contribution in [0.3, 0.4) is 0 Å². The standard InChI is InChI=1S/C27H22BrN3O4S2/c28-13-6-4-5-12(9-13)18-19-15-10-16(22(19)36-24-23(18)37-27(35)30-24)21-20(15)25(33)31(26(21)34)11-17(32)29-14-7-2-1-3-8-14/h1-9,15-16,18-22H,10-11H2,(H,29,32)(H,30,35)/t15?,16?,18-,19?,20?,21?,22?/m1/s1. The fraction of sp³-hybridized carbons (Fsp3) is 0.333. The van der Waals surface area contributed by atoms with E-state index in [4.69, 9.17) is 0 Å². The van der Waals surface area contributed by atoms with Crippen LogP contribution in [0.25, 0.3) is 0 Å². The second kappa shape index (κ2) is 8.68. The molecule has 188 valence electrons. The van der Waals surface area contributed by atoms with E-state index in [0.29, 0.717) is 5.69 Å². The number of nitrogens with zero attached hydrogens (tertiary/aromatic N) is 1. The van der Waals surface area contributed by atoms with Crippen LogP contribution in [0.5, 0.6) is 0 Å². The summed E-state index contributed by atoms with van der Waals surface area (Å²) in [6, 6.07) is 17.2. The summed E-state index contributed by atoms with van der Waals surface area (Å²) in [7, 11) is 0. The normalized spacial score (nSPS) is 31.3. The zero-order valence-electron chi connectivity index (χ0n) is 19.4. The molecule has 7 nitrogen and oxygen atoms in total. The number of thioether (sulfide) groups is 1. The molecule has 3 heterocycles. The third kappa shape index (κ3) is 3.59. The number of imide groups is 1. The number of aromatic amines is 1. The van der Waals surface area contributed by atoms with Crippen molar-refractivity contribution in [2.45, 2.75) is 22.6 Å².